The lowest BCUT2D eigenvalue weighted by Crippen LogP contribution is -2.39. The van der Waals surface area contributed by atoms with Gasteiger partial charge in [0.25, 0.3) is 0 Å². The zero-order valence-corrected chi connectivity index (χ0v) is 12.9. The van der Waals surface area contributed by atoms with Gasteiger partial charge in [-0.05, 0) is 43.7 Å². The summed E-state index contributed by atoms with van der Waals surface area (Å²) in [5.41, 5.74) is 1.86. The van der Waals surface area contributed by atoms with Crippen LogP contribution in [0.5, 0.6) is 0 Å². The van der Waals surface area contributed by atoms with Gasteiger partial charge in [-0.1, -0.05) is 41.9 Å². The van der Waals surface area contributed by atoms with E-state index in [0.717, 1.165) is 11.3 Å². The zero-order valence-electron chi connectivity index (χ0n) is 12.1. The minimum atomic E-state index is -0.306. The number of carbonyl (C=O) groups is 1. The predicted octanol–water partition coefficient (Wildman–Crippen LogP) is 4.02. The Hall–Kier alpha value is -1.84. The van der Waals surface area contributed by atoms with Gasteiger partial charge in [0.15, 0.2) is 0 Å². The molecule has 4 heteroatoms. The summed E-state index contributed by atoms with van der Waals surface area (Å²) in [5, 5.41) is 6.85. The van der Waals surface area contributed by atoms with Gasteiger partial charge in [0.2, 0.25) is 5.91 Å². The second kappa shape index (κ2) is 7.25. The highest BCUT2D eigenvalue weighted by atomic mass is 35.5. The van der Waals surface area contributed by atoms with Crippen molar-refractivity contribution < 1.29 is 4.79 Å². The smallest absolute Gasteiger partial charge is 0.241 e. The van der Waals surface area contributed by atoms with Crippen LogP contribution in [0.1, 0.15) is 25.5 Å². The Balaban J connectivity index is 1.94. The lowest BCUT2D eigenvalue weighted by atomic mass is 10.1. The van der Waals surface area contributed by atoms with Crippen LogP contribution in [0.25, 0.3) is 0 Å². The molecule has 0 spiro atoms. The summed E-state index contributed by atoms with van der Waals surface area (Å²) < 4.78 is 0. The summed E-state index contributed by atoms with van der Waals surface area (Å²) in [6.07, 6.45) is 0. The first-order valence-corrected chi connectivity index (χ1v) is 7.31. The van der Waals surface area contributed by atoms with Crippen LogP contribution in [0.4, 0.5) is 5.69 Å². The summed E-state index contributed by atoms with van der Waals surface area (Å²) in [4.78, 5) is 12.1. The van der Waals surface area contributed by atoms with Crippen molar-refractivity contribution >= 4 is 23.2 Å². The van der Waals surface area contributed by atoms with Gasteiger partial charge in [-0.2, -0.15) is 0 Å². The number of anilines is 1. The van der Waals surface area contributed by atoms with E-state index in [0.29, 0.717) is 5.02 Å². The standard InChI is InChI=1S/C17H19ClN2O/c1-12(14-7-6-8-15(18)11-14)19-13(2)17(21)20-16-9-4-3-5-10-16/h3-13,19H,1-2H3,(H,20,21)/t12-,13-/m0/s1. The molecule has 0 fully saturated rings. The highest BCUT2D eigenvalue weighted by molar-refractivity contribution is 6.30. The average Bonchev–Trinajstić information content (AvgIpc) is 2.48. The molecule has 0 bridgehead atoms. The Morgan fingerprint density at radius 1 is 1.05 bits per heavy atom. The number of benzene rings is 2. The van der Waals surface area contributed by atoms with Crippen LogP contribution in [0, 0.1) is 0 Å². The first-order chi connectivity index (χ1) is 10.1. The molecule has 0 unspecified atom stereocenters. The fourth-order valence-corrected chi connectivity index (χ4v) is 2.29. The topological polar surface area (TPSA) is 41.1 Å². The Morgan fingerprint density at radius 3 is 2.43 bits per heavy atom. The first-order valence-electron chi connectivity index (χ1n) is 6.93. The SMILES string of the molecule is C[C@H](N[C@@H](C)c1cccc(Cl)c1)C(=O)Nc1ccccc1. The fraction of sp³-hybridized carbons (Fsp3) is 0.235. The molecular formula is C17H19ClN2O. The number of carbonyl (C=O) groups excluding carboxylic acids is 1. The number of hydrogen-bond acceptors (Lipinski definition) is 2. The van der Waals surface area contributed by atoms with E-state index in [1.54, 1.807) is 0 Å². The molecule has 2 N–H and O–H groups in total. The molecule has 0 aliphatic carbocycles. The monoisotopic (exact) mass is 302 g/mol. The highest BCUT2D eigenvalue weighted by Crippen LogP contribution is 2.18. The van der Waals surface area contributed by atoms with E-state index in [-0.39, 0.29) is 18.0 Å². The third-order valence-electron chi connectivity index (χ3n) is 3.28. The van der Waals surface area contributed by atoms with Crippen molar-refractivity contribution in [2.45, 2.75) is 25.9 Å². The summed E-state index contributed by atoms with van der Waals surface area (Å²) in [6, 6.07) is 16.8. The van der Waals surface area contributed by atoms with Gasteiger partial charge in [0, 0.05) is 16.8 Å². The number of para-hydroxylation sites is 1. The Labute approximate surface area is 130 Å². The summed E-state index contributed by atoms with van der Waals surface area (Å²) >= 11 is 5.99. The third-order valence-corrected chi connectivity index (χ3v) is 3.52. The Kier molecular flexibility index (Phi) is 5.37. The van der Waals surface area contributed by atoms with Crippen molar-refractivity contribution in [3.05, 3.63) is 65.2 Å². The molecule has 2 aromatic rings. The van der Waals surface area contributed by atoms with Gasteiger partial charge in [-0.15, -0.1) is 0 Å². The molecule has 2 aromatic carbocycles. The maximum absolute atomic E-state index is 12.1. The predicted molar refractivity (Wildman–Crippen MR) is 87.5 cm³/mol. The van der Waals surface area contributed by atoms with Gasteiger partial charge in [0.1, 0.15) is 0 Å². The number of hydrogen-bond donors (Lipinski definition) is 2. The minimum absolute atomic E-state index is 0.0419. The van der Waals surface area contributed by atoms with Crippen molar-refractivity contribution in [3.63, 3.8) is 0 Å². The van der Waals surface area contributed by atoms with E-state index in [2.05, 4.69) is 10.6 Å². The van der Waals surface area contributed by atoms with Gasteiger partial charge in [-0.3, -0.25) is 10.1 Å². The summed E-state index contributed by atoms with van der Waals surface area (Å²) in [6.45, 7) is 3.86. The molecule has 0 aromatic heterocycles. The number of nitrogens with one attached hydrogen (secondary N) is 2. The molecule has 3 nitrogen and oxygen atoms in total. The zero-order chi connectivity index (χ0) is 15.2. The molecular weight excluding hydrogens is 284 g/mol. The molecule has 0 saturated heterocycles. The Bertz CT molecular complexity index is 601. The third kappa shape index (κ3) is 4.59. The van der Waals surface area contributed by atoms with Crippen molar-refractivity contribution in [1.82, 2.24) is 5.32 Å². The van der Waals surface area contributed by atoms with Gasteiger partial charge in [-0.25, -0.2) is 0 Å². The number of halogens is 1. The van der Waals surface area contributed by atoms with Crippen LogP contribution in [-0.2, 0) is 4.79 Å². The van der Waals surface area contributed by atoms with E-state index in [9.17, 15) is 4.79 Å². The highest BCUT2D eigenvalue weighted by Gasteiger charge is 2.16. The molecule has 0 aliphatic rings. The van der Waals surface area contributed by atoms with Crippen molar-refractivity contribution in [1.29, 1.82) is 0 Å². The molecule has 21 heavy (non-hydrogen) atoms. The van der Waals surface area contributed by atoms with Crippen molar-refractivity contribution in [2.24, 2.45) is 0 Å². The molecule has 2 rings (SSSR count). The van der Waals surface area contributed by atoms with E-state index < -0.39 is 0 Å². The van der Waals surface area contributed by atoms with Crippen LogP contribution in [0.15, 0.2) is 54.6 Å². The number of amides is 1. The molecule has 2 atom stereocenters. The molecule has 1 amide bonds. The van der Waals surface area contributed by atoms with Crippen molar-refractivity contribution in [3.8, 4) is 0 Å². The van der Waals surface area contributed by atoms with Gasteiger partial charge in [0.05, 0.1) is 6.04 Å². The maximum Gasteiger partial charge on any atom is 0.241 e. The largest absolute Gasteiger partial charge is 0.325 e. The van der Waals surface area contributed by atoms with Crippen LogP contribution in [0.3, 0.4) is 0 Å². The molecule has 0 heterocycles. The summed E-state index contributed by atoms with van der Waals surface area (Å²) in [7, 11) is 0. The lowest BCUT2D eigenvalue weighted by molar-refractivity contribution is -0.117. The normalized spacial score (nSPS) is 13.5. The van der Waals surface area contributed by atoms with E-state index >= 15 is 0 Å². The van der Waals surface area contributed by atoms with E-state index in [1.807, 2.05) is 68.4 Å². The second-order valence-corrected chi connectivity index (χ2v) is 5.46. The van der Waals surface area contributed by atoms with Crippen LogP contribution >= 0.6 is 11.6 Å². The van der Waals surface area contributed by atoms with Crippen LogP contribution < -0.4 is 10.6 Å². The van der Waals surface area contributed by atoms with E-state index in [1.165, 1.54) is 0 Å². The van der Waals surface area contributed by atoms with E-state index in [4.69, 9.17) is 11.6 Å². The van der Waals surface area contributed by atoms with Crippen LogP contribution in [-0.4, -0.2) is 11.9 Å². The minimum Gasteiger partial charge on any atom is -0.325 e. The molecule has 0 saturated carbocycles. The average molecular weight is 303 g/mol. The Morgan fingerprint density at radius 2 is 1.76 bits per heavy atom. The van der Waals surface area contributed by atoms with Crippen molar-refractivity contribution in [2.75, 3.05) is 5.32 Å². The molecule has 0 aliphatic heterocycles. The summed E-state index contributed by atoms with van der Waals surface area (Å²) in [5.74, 6) is -0.0601. The number of rotatable bonds is 5. The van der Waals surface area contributed by atoms with Crippen LogP contribution in [0.2, 0.25) is 5.02 Å². The van der Waals surface area contributed by atoms with Gasteiger partial charge < -0.3 is 5.32 Å². The second-order valence-electron chi connectivity index (χ2n) is 5.02. The van der Waals surface area contributed by atoms with Gasteiger partial charge >= 0.3 is 0 Å². The molecule has 0 radical (unpaired) electrons. The molecule has 110 valence electrons. The fourth-order valence-electron chi connectivity index (χ4n) is 2.09. The lowest BCUT2D eigenvalue weighted by Gasteiger charge is -2.20. The first kappa shape index (κ1) is 15.5. The quantitative estimate of drug-likeness (QED) is 0.876. The maximum atomic E-state index is 12.1.